The van der Waals surface area contributed by atoms with Crippen LogP contribution >= 0.6 is 11.6 Å². The summed E-state index contributed by atoms with van der Waals surface area (Å²) in [4.78, 5) is 10.0. The van der Waals surface area contributed by atoms with Crippen LogP contribution in [0.2, 0.25) is 5.15 Å². The van der Waals surface area contributed by atoms with Crippen LogP contribution in [0, 0.1) is 0 Å². The zero-order chi connectivity index (χ0) is 15.5. The minimum absolute atomic E-state index is 0.116. The van der Waals surface area contributed by atoms with E-state index < -0.39 is 5.92 Å². The fraction of sp³-hybridized carbons (Fsp3) is 0.375. The van der Waals surface area contributed by atoms with Crippen molar-refractivity contribution in [3.63, 3.8) is 0 Å². The molecule has 0 bridgehead atoms. The van der Waals surface area contributed by atoms with E-state index in [0.29, 0.717) is 5.15 Å². The first-order valence-corrected chi connectivity index (χ1v) is 7.55. The quantitative estimate of drug-likeness (QED) is 0.766. The van der Waals surface area contributed by atoms with E-state index in [0.717, 1.165) is 37.7 Å². The van der Waals surface area contributed by atoms with E-state index in [1.54, 1.807) is 6.07 Å². The number of hydrogen-bond acceptors (Lipinski definition) is 3. The molecule has 0 amide bonds. The highest BCUT2D eigenvalue weighted by atomic mass is 35.5. The van der Waals surface area contributed by atoms with E-state index >= 15 is 0 Å². The van der Waals surface area contributed by atoms with Gasteiger partial charge in [0.05, 0.1) is 0 Å². The molecule has 3 heterocycles. The van der Waals surface area contributed by atoms with E-state index in [4.69, 9.17) is 11.6 Å². The topological polar surface area (TPSA) is 29.0 Å². The molecule has 1 aliphatic heterocycles. The van der Waals surface area contributed by atoms with Crippen LogP contribution in [-0.2, 0) is 11.3 Å². The van der Waals surface area contributed by atoms with Gasteiger partial charge in [-0.25, -0.2) is 4.98 Å². The van der Waals surface area contributed by atoms with Gasteiger partial charge in [0.2, 0.25) is 0 Å². The summed E-state index contributed by atoms with van der Waals surface area (Å²) in [5, 5.41) is 0.413. The highest BCUT2D eigenvalue weighted by molar-refractivity contribution is 6.29. The van der Waals surface area contributed by atoms with Crippen molar-refractivity contribution >= 4 is 23.0 Å². The van der Waals surface area contributed by atoms with Crippen LogP contribution in [0.3, 0.4) is 0 Å². The summed E-state index contributed by atoms with van der Waals surface area (Å²) in [5.41, 5.74) is 2.75. The highest BCUT2D eigenvalue weighted by Gasteiger charge is 2.52. The molecule has 1 saturated carbocycles. The molecule has 6 heteroatoms. The van der Waals surface area contributed by atoms with Gasteiger partial charge in [-0.05, 0) is 31.0 Å². The minimum atomic E-state index is -2.95. The second kappa shape index (κ2) is 4.38. The van der Waals surface area contributed by atoms with Crippen molar-refractivity contribution in [3.8, 4) is 0 Å². The van der Waals surface area contributed by atoms with Gasteiger partial charge in [0.25, 0.3) is 5.92 Å². The number of fused-ring (bicyclic) bond motifs is 2. The van der Waals surface area contributed by atoms with Crippen LogP contribution in [0.4, 0.5) is 20.2 Å². The number of rotatable bonds is 2. The molecule has 0 aromatic carbocycles. The van der Waals surface area contributed by atoms with Crippen molar-refractivity contribution in [3.05, 3.63) is 47.0 Å². The second-order valence-corrected chi connectivity index (χ2v) is 6.57. The van der Waals surface area contributed by atoms with E-state index in [9.17, 15) is 8.78 Å². The molecular formula is C16H14ClF2N3. The lowest BCUT2D eigenvalue weighted by Crippen LogP contribution is -2.20. The van der Waals surface area contributed by atoms with E-state index in [1.807, 2.05) is 17.2 Å². The molecule has 4 rings (SSSR count). The van der Waals surface area contributed by atoms with Gasteiger partial charge in [-0.15, -0.1) is 0 Å². The third-order valence-electron chi connectivity index (χ3n) is 4.53. The second-order valence-electron chi connectivity index (χ2n) is 6.18. The van der Waals surface area contributed by atoms with E-state index in [-0.39, 0.29) is 11.1 Å². The normalized spacial score (nSPS) is 18.6. The van der Waals surface area contributed by atoms with E-state index in [1.165, 1.54) is 17.8 Å². The average Bonchev–Trinajstić information content (AvgIpc) is 3.17. The molecular weight excluding hydrogens is 308 g/mol. The Morgan fingerprint density at radius 2 is 2.05 bits per heavy atom. The Morgan fingerprint density at radius 3 is 2.73 bits per heavy atom. The van der Waals surface area contributed by atoms with Gasteiger partial charge < -0.3 is 4.90 Å². The van der Waals surface area contributed by atoms with Gasteiger partial charge in [-0.1, -0.05) is 11.6 Å². The monoisotopic (exact) mass is 321 g/mol. The van der Waals surface area contributed by atoms with Crippen molar-refractivity contribution in [1.82, 2.24) is 9.97 Å². The molecule has 0 unspecified atom stereocenters. The van der Waals surface area contributed by atoms with Crippen LogP contribution in [0.15, 0.2) is 30.6 Å². The first-order valence-electron chi connectivity index (χ1n) is 7.17. The molecule has 0 radical (unpaired) electrons. The lowest BCUT2D eigenvalue weighted by molar-refractivity contribution is 0.0128. The molecule has 1 spiro atoms. The van der Waals surface area contributed by atoms with Gasteiger partial charge >= 0.3 is 0 Å². The maximum Gasteiger partial charge on any atom is 0.287 e. The zero-order valence-electron chi connectivity index (χ0n) is 12.0. The Bertz CT molecular complexity index is 753. The number of halogens is 3. The van der Waals surface area contributed by atoms with Crippen molar-refractivity contribution in [1.29, 1.82) is 0 Å². The zero-order valence-corrected chi connectivity index (χ0v) is 12.7. The van der Waals surface area contributed by atoms with Crippen LogP contribution in [-0.4, -0.2) is 16.5 Å². The molecule has 0 saturated heterocycles. The summed E-state index contributed by atoms with van der Waals surface area (Å²) >= 11 is 6.02. The Kier molecular flexibility index (Phi) is 2.77. The summed E-state index contributed by atoms with van der Waals surface area (Å²) in [6, 6.07) is 5.03. The summed E-state index contributed by atoms with van der Waals surface area (Å²) in [5.74, 6) is -2.95. The molecule has 2 aromatic rings. The van der Waals surface area contributed by atoms with E-state index in [2.05, 4.69) is 9.97 Å². The molecule has 0 N–H and O–H groups in total. The van der Waals surface area contributed by atoms with Crippen LogP contribution in [0.25, 0.3) is 0 Å². The molecule has 2 aromatic heterocycles. The first kappa shape index (κ1) is 13.9. The molecule has 3 nitrogen and oxygen atoms in total. The Labute approximate surface area is 131 Å². The lowest BCUT2D eigenvalue weighted by atomic mass is 10.0. The maximum absolute atomic E-state index is 13.5. The Hall–Kier alpha value is -1.75. The maximum atomic E-state index is 13.5. The summed E-state index contributed by atoms with van der Waals surface area (Å²) in [7, 11) is 0. The Morgan fingerprint density at radius 1 is 1.27 bits per heavy atom. The average molecular weight is 322 g/mol. The third kappa shape index (κ3) is 2.07. The van der Waals surface area contributed by atoms with Gasteiger partial charge in [0, 0.05) is 48.2 Å². The number of hydrogen-bond donors (Lipinski definition) is 0. The SMILES string of the molecule is CC(F)(F)c1cc(N2CC3(CC3)c3cnc(Cl)cc32)ccn1. The van der Waals surface area contributed by atoms with Gasteiger partial charge in [-0.3, -0.25) is 4.98 Å². The van der Waals surface area contributed by atoms with Crippen LogP contribution in [0.1, 0.15) is 31.0 Å². The van der Waals surface area contributed by atoms with Gasteiger partial charge in [0.1, 0.15) is 10.8 Å². The molecule has 2 aliphatic rings. The predicted octanol–water partition coefficient (Wildman–Crippen LogP) is 4.43. The largest absolute Gasteiger partial charge is 0.340 e. The predicted molar refractivity (Wildman–Crippen MR) is 81.0 cm³/mol. The fourth-order valence-electron chi connectivity index (χ4n) is 3.16. The van der Waals surface area contributed by atoms with Gasteiger partial charge in [-0.2, -0.15) is 8.78 Å². The molecule has 22 heavy (non-hydrogen) atoms. The summed E-state index contributed by atoms with van der Waals surface area (Å²) < 4.78 is 27.1. The van der Waals surface area contributed by atoms with Gasteiger partial charge in [0.15, 0.2) is 0 Å². The van der Waals surface area contributed by atoms with Crippen LogP contribution < -0.4 is 4.90 Å². The summed E-state index contributed by atoms with van der Waals surface area (Å²) in [6.45, 7) is 1.64. The fourth-order valence-corrected chi connectivity index (χ4v) is 3.31. The Balaban J connectivity index is 1.81. The van der Waals surface area contributed by atoms with Crippen LogP contribution in [0.5, 0.6) is 0 Å². The molecule has 1 fully saturated rings. The minimum Gasteiger partial charge on any atom is -0.340 e. The first-order chi connectivity index (χ1) is 10.4. The number of pyridine rings is 2. The number of alkyl halides is 2. The molecule has 114 valence electrons. The van der Waals surface area contributed by atoms with Crippen molar-refractivity contribution in [2.45, 2.75) is 31.1 Å². The lowest BCUT2D eigenvalue weighted by Gasteiger charge is -2.21. The number of anilines is 2. The van der Waals surface area contributed by atoms with Crippen molar-refractivity contribution < 1.29 is 8.78 Å². The third-order valence-corrected chi connectivity index (χ3v) is 4.74. The van der Waals surface area contributed by atoms with Crippen molar-refractivity contribution in [2.24, 2.45) is 0 Å². The molecule has 0 atom stereocenters. The number of aromatic nitrogens is 2. The standard InChI is InChI=1S/C16H14ClF2N3/c1-15(18,19)13-6-10(2-5-20-13)22-9-16(3-4-16)11-8-21-14(17)7-12(11)22/h2,5-8H,3-4,9H2,1H3. The smallest absolute Gasteiger partial charge is 0.287 e. The van der Waals surface area contributed by atoms with Crippen molar-refractivity contribution in [2.75, 3.05) is 11.4 Å². The molecule has 1 aliphatic carbocycles. The summed E-state index contributed by atoms with van der Waals surface area (Å²) in [6.07, 6.45) is 5.45. The number of nitrogens with zero attached hydrogens (tertiary/aromatic N) is 3. The highest BCUT2D eigenvalue weighted by Crippen LogP contribution is 2.58.